The van der Waals surface area contributed by atoms with Gasteiger partial charge in [-0.05, 0) is 44.7 Å². The van der Waals surface area contributed by atoms with Crippen LogP contribution in [-0.4, -0.2) is 54.5 Å². The van der Waals surface area contributed by atoms with Crippen LogP contribution in [0.15, 0.2) is 0 Å². The molecule has 0 unspecified atom stereocenters. The van der Waals surface area contributed by atoms with Crippen molar-refractivity contribution >= 4 is 5.91 Å². The van der Waals surface area contributed by atoms with Gasteiger partial charge in [0.05, 0.1) is 12.6 Å². The summed E-state index contributed by atoms with van der Waals surface area (Å²) in [5.74, 6) is 0.381. The van der Waals surface area contributed by atoms with Crippen molar-refractivity contribution in [3.63, 3.8) is 0 Å². The highest BCUT2D eigenvalue weighted by atomic mass is 16.1. The van der Waals surface area contributed by atoms with E-state index in [-0.39, 0.29) is 5.91 Å². The number of likely N-dealkylation sites (tertiary alicyclic amines) is 2. The number of piperidine rings is 2. The Kier molecular flexibility index (Phi) is 5.17. The molecule has 5 heteroatoms. The maximum absolute atomic E-state index is 10.9. The molecule has 2 fully saturated rings. The molecule has 0 aromatic carbocycles. The van der Waals surface area contributed by atoms with Gasteiger partial charge in [0.1, 0.15) is 0 Å². The van der Waals surface area contributed by atoms with Gasteiger partial charge in [0.2, 0.25) is 5.91 Å². The maximum Gasteiger partial charge on any atom is 0.231 e. The van der Waals surface area contributed by atoms with Crippen LogP contribution in [0, 0.1) is 17.2 Å². The molecule has 2 aliphatic rings. The smallest absolute Gasteiger partial charge is 0.231 e. The highest BCUT2D eigenvalue weighted by molar-refractivity contribution is 5.75. The van der Waals surface area contributed by atoms with Gasteiger partial charge >= 0.3 is 0 Å². The Bertz CT molecular complexity index is 336. The molecule has 0 aromatic heterocycles. The van der Waals surface area contributed by atoms with E-state index in [0.717, 1.165) is 51.9 Å². The molecule has 0 spiro atoms. The fraction of sp³-hybridized carbons (Fsp3) is 0.857. The van der Waals surface area contributed by atoms with E-state index in [4.69, 9.17) is 11.0 Å². The van der Waals surface area contributed by atoms with Crippen LogP contribution >= 0.6 is 0 Å². The Balaban J connectivity index is 1.71. The lowest BCUT2D eigenvalue weighted by molar-refractivity contribution is -0.119. The van der Waals surface area contributed by atoms with E-state index in [0.29, 0.717) is 24.9 Å². The van der Waals surface area contributed by atoms with E-state index in [9.17, 15) is 4.79 Å². The van der Waals surface area contributed by atoms with Gasteiger partial charge in [0, 0.05) is 25.6 Å². The molecule has 0 saturated carbocycles. The minimum Gasteiger partial charge on any atom is -0.369 e. The summed E-state index contributed by atoms with van der Waals surface area (Å²) >= 11 is 0. The van der Waals surface area contributed by atoms with Crippen molar-refractivity contribution in [1.82, 2.24) is 9.80 Å². The third kappa shape index (κ3) is 4.19. The van der Waals surface area contributed by atoms with Crippen molar-refractivity contribution in [3.8, 4) is 6.07 Å². The summed E-state index contributed by atoms with van der Waals surface area (Å²) in [5, 5.41) is 8.73. The Hall–Kier alpha value is -1.12. The molecule has 2 N–H and O–H groups in total. The Morgan fingerprint density at radius 2 is 1.79 bits per heavy atom. The van der Waals surface area contributed by atoms with Gasteiger partial charge in [-0.2, -0.15) is 5.26 Å². The number of hydrogen-bond acceptors (Lipinski definition) is 4. The minimum absolute atomic E-state index is 0.226. The van der Waals surface area contributed by atoms with Gasteiger partial charge in [0.15, 0.2) is 0 Å². The summed E-state index contributed by atoms with van der Waals surface area (Å²) in [6.45, 7) is 4.62. The van der Waals surface area contributed by atoms with Crippen LogP contribution in [0.25, 0.3) is 0 Å². The summed E-state index contributed by atoms with van der Waals surface area (Å²) in [7, 11) is 0. The first-order chi connectivity index (χ1) is 9.19. The first-order valence-electron chi connectivity index (χ1n) is 7.30. The quantitative estimate of drug-likeness (QED) is 0.805. The van der Waals surface area contributed by atoms with E-state index in [1.54, 1.807) is 0 Å². The summed E-state index contributed by atoms with van der Waals surface area (Å²) in [4.78, 5) is 15.6. The average molecular weight is 264 g/mol. The largest absolute Gasteiger partial charge is 0.369 e. The molecule has 5 nitrogen and oxygen atoms in total. The normalized spacial score (nSPS) is 24.2. The van der Waals surface area contributed by atoms with Gasteiger partial charge in [-0.25, -0.2) is 0 Å². The molecule has 0 aliphatic carbocycles. The Morgan fingerprint density at radius 1 is 1.16 bits per heavy atom. The molecule has 2 aliphatic heterocycles. The van der Waals surface area contributed by atoms with Crippen molar-refractivity contribution in [2.45, 2.75) is 38.1 Å². The number of carbonyl (C=O) groups is 1. The number of carbonyl (C=O) groups excluding carboxylic acids is 1. The Labute approximate surface area is 115 Å². The zero-order chi connectivity index (χ0) is 13.7. The molecule has 0 aromatic rings. The zero-order valence-corrected chi connectivity index (χ0v) is 11.6. The third-order valence-electron chi connectivity index (χ3n) is 4.48. The second kappa shape index (κ2) is 6.88. The van der Waals surface area contributed by atoms with Gasteiger partial charge in [-0.15, -0.1) is 0 Å². The lowest BCUT2D eigenvalue weighted by atomic mass is 9.91. The SMILES string of the molecule is N#CCC1CCN(C2CCN(CC(N)=O)CC2)CC1. The van der Waals surface area contributed by atoms with E-state index < -0.39 is 0 Å². The second-order valence-electron chi connectivity index (χ2n) is 5.82. The molecule has 0 bridgehead atoms. The van der Waals surface area contributed by atoms with Crippen LogP contribution in [-0.2, 0) is 4.79 Å². The summed E-state index contributed by atoms with van der Waals surface area (Å²) in [6.07, 6.45) is 5.31. The lowest BCUT2D eigenvalue weighted by Crippen LogP contribution is -2.49. The van der Waals surface area contributed by atoms with Gasteiger partial charge in [-0.1, -0.05) is 0 Å². The first-order valence-corrected chi connectivity index (χ1v) is 7.30. The Morgan fingerprint density at radius 3 is 2.32 bits per heavy atom. The van der Waals surface area contributed by atoms with E-state index in [1.807, 2.05) is 0 Å². The molecule has 106 valence electrons. The number of primary amides is 1. The minimum atomic E-state index is -0.226. The third-order valence-corrected chi connectivity index (χ3v) is 4.48. The predicted octanol–water partition coefficient (Wildman–Crippen LogP) is 0.562. The molecule has 2 saturated heterocycles. The highest BCUT2D eigenvalue weighted by Gasteiger charge is 2.28. The standard InChI is InChI=1S/C14H24N4O/c15-6-1-12-2-9-18(10-3-12)13-4-7-17(8-5-13)11-14(16)19/h12-13H,1-5,7-11H2,(H2,16,19). The van der Waals surface area contributed by atoms with Crippen LogP contribution in [0.1, 0.15) is 32.1 Å². The summed E-state index contributed by atoms with van der Waals surface area (Å²) < 4.78 is 0. The molecular weight excluding hydrogens is 240 g/mol. The van der Waals surface area contributed by atoms with Crippen LogP contribution in [0.2, 0.25) is 0 Å². The number of nitrogens with zero attached hydrogens (tertiary/aromatic N) is 3. The number of nitrogens with two attached hydrogens (primary N) is 1. The monoisotopic (exact) mass is 264 g/mol. The van der Waals surface area contributed by atoms with Crippen LogP contribution in [0.5, 0.6) is 0 Å². The molecular formula is C14H24N4O. The number of amides is 1. The maximum atomic E-state index is 10.9. The van der Waals surface area contributed by atoms with Crippen LogP contribution in [0.4, 0.5) is 0 Å². The van der Waals surface area contributed by atoms with E-state index in [1.165, 1.54) is 0 Å². The summed E-state index contributed by atoms with van der Waals surface area (Å²) in [6, 6.07) is 2.95. The summed E-state index contributed by atoms with van der Waals surface area (Å²) in [5.41, 5.74) is 5.23. The predicted molar refractivity (Wildman–Crippen MR) is 73.2 cm³/mol. The van der Waals surface area contributed by atoms with Crippen molar-refractivity contribution in [2.24, 2.45) is 11.7 Å². The number of nitriles is 1. The highest BCUT2D eigenvalue weighted by Crippen LogP contribution is 2.25. The second-order valence-corrected chi connectivity index (χ2v) is 5.82. The topological polar surface area (TPSA) is 73.4 Å². The van der Waals surface area contributed by atoms with Crippen molar-refractivity contribution < 1.29 is 4.79 Å². The molecule has 0 atom stereocenters. The number of rotatable bonds is 4. The van der Waals surface area contributed by atoms with Crippen molar-refractivity contribution in [3.05, 3.63) is 0 Å². The average Bonchev–Trinajstić information content (AvgIpc) is 2.40. The van der Waals surface area contributed by atoms with Gasteiger partial charge < -0.3 is 10.6 Å². The van der Waals surface area contributed by atoms with E-state index in [2.05, 4.69) is 15.9 Å². The first kappa shape index (κ1) is 14.3. The molecule has 1 amide bonds. The number of hydrogen-bond donors (Lipinski definition) is 1. The lowest BCUT2D eigenvalue weighted by Gasteiger charge is -2.41. The molecule has 2 heterocycles. The van der Waals surface area contributed by atoms with Crippen LogP contribution < -0.4 is 5.73 Å². The molecule has 0 radical (unpaired) electrons. The van der Waals surface area contributed by atoms with Crippen molar-refractivity contribution in [1.29, 1.82) is 5.26 Å². The van der Waals surface area contributed by atoms with Gasteiger partial charge in [0.25, 0.3) is 0 Å². The zero-order valence-electron chi connectivity index (χ0n) is 11.6. The molecule has 2 rings (SSSR count). The van der Waals surface area contributed by atoms with Crippen LogP contribution in [0.3, 0.4) is 0 Å². The fourth-order valence-corrected chi connectivity index (χ4v) is 3.31. The fourth-order valence-electron chi connectivity index (χ4n) is 3.31. The van der Waals surface area contributed by atoms with Crippen molar-refractivity contribution in [2.75, 3.05) is 32.7 Å². The van der Waals surface area contributed by atoms with Gasteiger partial charge in [-0.3, -0.25) is 9.69 Å². The van der Waals surface area contributed by atoms with E-state index >= 15 is 0 Å². The molecule has 19 heavy (non-hydrogen) atoms.